The lowest BCUT2D eigenvalue weighted by atomic mass is 9.89. The highest BCUT2D eigenvalue weighted by molar-refractivity contribution is 6.16. The van der Waals surface area contributed by atoms with Crippen molar-refractivity contribution in [1.82, 2.24) is 15.0 Å². The summed E-state index contributed by atoms with van der Waals surface area (Å²) in [7, 11) is 0. The molecular formula is C34H25N3O5. The number of benzene rings is 5. The molecule has 0 fully saturated rings. The molecule has 0 bridgehead atoms. The van der Waals surface area contributed by atoms with Crippen molar-refractivity contribution in [3.63, 3.8) is 0 Å². The number of aromatic hydroxyl groups is 3. The van der Waals surface area contributed by atoms with E-state index in [1.54, 1.807) is 79.7 Å². The van der Waals surface area contributed by atoms with Crippen LogP contribution in [0.25, 0.3) is 16.7 Å². The van der Waals surface area contributed by atoms with Gasteiger partial charge in [0.15, 0.2) is 11.6 Å². The predicted molar refractivity (Wildman–Crippen MR) is 158 cm³/mol. The lowest BCUT2D eigenvalue weighted by Crippen LogP contribution is -2.10. The van der Waals surface area contributed by atoms with Crippen molar-refractivity contribution in [1.29, 1.82) is 0 Å². The molecule has 0 aliphatic heterocycles. The molecule has 0 saturated carbocycles. The van der Waals surface area contributed by atoms with Crippen LogP contribution < -0.4 is 0 Å². The Balaban J connectivity index is 1.51. The van der Waals surface area contributed by atoms with Gasteiger partial charge < -0.3 is 15.3 Å². The normalized spacial score (nSPS) is 11.1. The number of nitrogens with zero attached hydrogens (tertiary/aromatic N) is 3. The predicted octanol–water partition coefficient (Wildman–Crippen LogP) is 5.90. The Morgan fingerprint density at radius 1 is 0.619 bits per heavy atom. The molecule has 0 spiro atoms. The van der Waals surface area contributed by atoms with Gasteiger partial charge in [0.25, 0.3) is 0 Å². The van der Waals surface area contributed by atoms with Crippen molar-refractivity contribution in [2.45, 2.75) is 13.3 Å². The number of carbonyl (C=O) groups excluding carboxylic acids is 2. The lowest BCUT2D eigenvalue weighted by Gasteiger charge is -2.18. The van der Waals surface area contributed by atoms with E-state index in [1.807, 2.05) is 24.3 Å². The van der Waals surface area contributed by atoms with E-state index < -0.39 is 23.1 Å². The fraction of sp³-hybridized carbons (Fsp3) is 0.0588. The maximum absolute atomic E-state index is 13.5. The zero-order valence-corrected chi connectivity index (χ0v) is 22.5. The third-order valence-electron chi connectivity index (χ3n) is 7.28. The van der Waals surface area contributed by atoms with Crippen molar-refractivity contribution < 1.29 is 24.9 Å². The maximum Gasteiger partial charge on any atom is 0.196 e. The number of ketones is 2. The lowest BCUT2D eigenvalue weighted by molar-refractivity contribution is 0.103. The molecule has 0 atom stereocenters. The van der Waals surface area contributed by atoms with Crippen LogP contribution in [0.1, 0.15) is 48.5 Å². The van der Waals surface area contributed by atoms with E-state index in [-0.39, 0.29) is 28.9 Å². The van der Waals surface area contributed by atoms with Crippen molar-refractivity contribution in [2.24, 2.45) is 0 Å². The quantitative estimate of drug-likeness (QED) is 0.210. The van der Waals surface area contributed by atoms with E-state index in [9.17, 15) is 24.9 Å². The second-order valence-corrected chi connectivity index (χ2v) is 9.92. The van der Waals surface area contributed by atoms with E-state index >= 15 is 0 Å². The summed E-state index contributed by atoms with van der Waals surface area (Å²) in [5, 5.41) is 43.1. The number of aromatic nitrogens is 3. The molecule has 5 aromatic carbocycles. The van der Waals surface area contributed by atoms with Crippen LogP contribution in [-0.2, 0) is 6.42 Å². The first-order valence-corrected chi connectivity index (χ1v) is 13.2. The molecule has 0 unspecified atom stereocenters. The van der Waals surface area contributed by atoms with Crippen molar-refractivity contribution in [3.05, 3.63) is 142 Å². The van der Waals surface area contributed by atoms with Gasteiger partial charge in [0.2, 0.25) is 0 Å². The number of phenolic OH excluding ortho intramolecular Hbond substituents is 3. The molecule has 1 heterocycles. The standard InChI is InChI=1S/C34H25N3O5/c1-20-16-17-29(37-35-27-14-8-9-15-28(27)36-37)34(42)23(20)18-26-32(40)24(30(38)21-10-4-2-5-11-21)19-25(33(26)41)31(39)22-12-6-3-7-13-22/h2-17,19,40-42H,18H2,1H3. The summed E-state index contributed by atoms with van der Waals surface area (Å²) in [5.74, 6) is -2.14. The summed E-state index contributed by atoms with van der Waals surface area (Å²) < 4.78 is 0. The Labute approximate surface area is 240 Å². The van der Waals surface area contributed by atoms with Gasteiger partial charge in [0, 0.05) is 28.7 Å². The van der Waals surface area contributed by atoms with Crippen LogP contribution in [0.4, 0.5) is 0 Å². The van der Waals surface area contributed by atoms with Gasteiger partial charge in [-0.2, -0.15) is 0 Å². The number of fused-ring (bicyclic) bond motifs is 1. The Bertz CT molecular complexity index is 1870. The average Bonchev–Trinajstić information content (AvgIpc) is 3.45. The molecule has 0 aliphatic rings. The van der Waals surface area contributed by atoms with Crippen LogP contribution in [0.15, 0.2) is 103 Å². The molecular weight excluding hydrogens is 530 g/mol. The number of aryl methyl sites for hydroxylation is 1. The number of hydrogen-bond acceptors (Lipinski definition) is 7. The number of hydrogen-bond donors (Lipinski definition) is 3. The summed E-state index contributed by atoms with van der Waals surface area (Å²) in [5.41, 5.74) is 2.87. The molecule has 42 heavy (non-hydrogen) atoms. The monoisotopic (exact) mass is 555 g/mol. The summed E-state index contributed by atoms with van der Waals surface area (Å²) >= 11 is 0. The van der Waals surface area contributed by atoms with Crippen LogP contribution in [-0.4, -0.2) is 41.9 Å². The minimum absolute atomic E-state index is 0.0646. The highest BCUT2D eigenvalue weighted by atomic mass is 16.3. The zero-order chi connectivity index (χ0) is 29.4. The first kappa shape index (κ1) is 26.5. The molecule has 6 aromatic rings. The van der Waals surface area contributed by atoms with Crippen LogP contribution in [0, 0.1) is 6.92 Å². The highest BCUT2D eigenvalue weighted by Crippen LogP contribution is 2.41. The van der Waals surface area contributed by atoms with Crippen LogP contribution in [0.2, 0.25) is 0 Å². The number of carbonyl (C=O) groups is 2. The summed E-state index contributed by atoms with van der Waals surface area (Å²) in [6.07, 6.45) is -0.186. The van der Waals surface area contributed by atoms with Gasteiger partial charge in [-0.3, -0.25) is 9.59 Å². The van der Waals surface area contributed by atoms with Gasteiger partial charge in [-0.15, -0.1) is 15.0 Å². The Kier molecular flexibility index (Phi) is 6.72. The molecule has 0 saturated heterocycles. The molecule has 8 nitrogen and oxygen atoms in total. The fourth-order valence-corrected chi connectivity index (χ4v) is 4.98. The third-order valence-corrected chi connectivity index (χ3v) is 7.28. The number of rotatable bonds is 7. The largest absolute Gasteiger partial charge is 0.507 e. The molecule has 0 aliphatic carbocycles. The van der Waals surface area contributed by atoms with E-state index in [2.05, 4.69) is 10.2 Å². The van der Waals surface area contributed by atoms with Crippen LogP contribution in [0.3, 0.4) is 0 Å². The molecule has 3 N–H and O–H groups in total. The van der Waals surface area contributed by atoms with Gasteiger partial charge >= 0.3 is 0 Å². The highest BCUT2D eigenvalue weighted by Gasteiger charge is 2.27. The first-order chi connectivity index (χ1) is 20.3. The van der Waals surface area contributed by atoms with Crippen LogP contribution >= 0.6 is 0 Å². The second kappa shape index (κ2) is 10.7. The second-order valence-electron chi connectivity index (χ2n) is 9.92. The Morgan fingerprint density at radius 3 is 1.60 bits per heavy atom. The SMILES string of the molecule is Cc1ccc(-n2nc3ccccc3n2)c(O)c1Cc1c(O)c(C(=O)c2ccccc2)cc(C(=O)c2ccccc2)c1O. The smallest absolute Gasteiger partial charge is 0.196 e. The van der Waals surface area contributed by atoms with Crippen molar-refractivity contribution in [2.75, 3.05) is 0 Å². The van der Waals surface area contributed by atoms with Crippen molar-refractivity contribution >= 4 is 22.6 Å². The Morgan fingerprint density at radius 2 is 1.10 bits per heavy atom. The Hall–Kier alpha value is -5.76. The number of phenols is 3. The third kappa shape index (κ3) is 4.65. The summed E-state index contributed by atoms with van der Waals surface area (Å²) in [6, 6.07) is 28.7. The summed E-state index contributed by atoms with van der Waals surface area (Å²) in [4.78, 5) is 28.4. The molecule has 206 valence electrons. The minimum atomic E-state index is -0.515. The van der Waals surface area contributed by atoms with E-state index in [0.29, 0.717) is 39.0 Å². The van der Waals surface area contributed by atoms with Gasteiger partial charge in [-0.05, 0) is 36.8 Å². The first-order valence-electron chi connectivity index (χ1n) is 13.2. The van der Waals surface area contributed by atoms with Gasteiger partial charge in [-0.25, -0.2) is 0 Å². The maximum atomic E-state index is 13.5. The molecule has 1 aromatic heterocycles. The fourth-order valence-electron chi connectivity index (χ4n) is 4.98. The van der Waals surface area contributed by atoms with Crippen molar-refractivity contribution in [3.8, 4) is 22.9 Å². The van der Waals surface area contributed by atoms with Crippen LogP contribution in [0.5, 0.6) is 17.2 Å². The minimum Gasteiger partial charge on any atom is -0.507 e. The molecule has 8 heteroatoms. The van der Waals surface area contributed by atoms with E-state index in [4.69, 9.17) is 0 Å². The molecule has 0 radical (unpaired) electrons. The van der Waals surface area contributed by atoms with Gasteiger partial charge in [0.05, 0.1) is 11.1 Å². The van der Waals surface area contributed by atoms with E-state index in [0.717, 1.165) is 0 Å². The van der Waals surface area contributed by atoms with Gasteiger partial charge in [0.1, 0.15) is 34.0 Å². The zero-order valence-electron chi connectivity index (χ0n) is 22.5. The van der Waals surface area contributed by atoms with Gasteiger partial charge in [-0.1, -0.05) is 78.9 Å². The molecule has 0 amide bonds. The molecule has 6 rings (SSSR count). The topological polar surface area (TPSA) is 126 Å². The van der Waals surface area contributed by atoms with E-state index in [1.165, 1.54) is 10.9 Å². The average molecular weight is 556 g/mol. The summed E-state index contributed by atoms with van der Waals surface area (Å²) in [6.45, 7) is 1.77.